The van der Waals surface area contributed by atoms with Crippen molar-refractivity contribution in [2.24, 2.45) is 0 Å². The third kappa shape index (κ3) is 3.14. The summed E-state index contributed by atoms with van der Waals surface area (Å²) in [7, 11) is 3.47. The Labute approximate surface area is 118 Å². The van der Waals surface area contributed by atoms with Crippen LogP contribution >= 0.6 is 0 Å². The Balaban J connectivity index is 2.31. The molecule has 0 aliphatic rings. The number of likely N-dealkylation sites (N-methyl/N-ethyl adjacent to an activating group) is 1. The van der Waals surface area contributed by atoms with Crippen LogP contribution in [0.4, 0.5) is 4.39 Å². The van der Waals surface area contributed by atoms with Crippen molar-refractivity contribution in [3.05, 3.63) is 59.2 Å². The van der Waals surface area contributed by atoms with Crippen LogP contribution in [0.2, 0.25) is 0 Å². The van der Waals surface area contributed by atoms with Gasteiger partial charge in [-0.3, -0.25) is 4.98 Å². The van der Waals surface area contributed by atoms with Gasteiger partial charge in [-0.25, -0.2) is 4.39 Å². The van der Waals surface area contributed by atoms with Crippen molar-refractivity contribution in [2.45, 2.75) is 19.4 Å². The third-order valence-electron chi connectivity index (χ3n) is 3.39. The normalized spacial score (nSPS) is 12.2. The molecule has 0 fully saturated rings. The topological polar surface area (TPSA) is 34.1 Å². The molecule has 0 aliphatic carbocycles. The number of hydrogen-bond acceptors (Lipinski definition) is 3. The number of pyridine rings is 1. The van der Waals surface area contributed by atoms with Gasteiger partial charge in [0.15, 0.2) is 0 Å². The van der Waals surface area contributed by atoms with E-state index in [0.717, 1.165) is 16.9 Å². The maximum atomic E-state index is 13.9. The highest BCUT2D eigenvalue weighted by atomic mass is 19.1. The van der Waals surface area contributed by atoms with Crippen LogP contribution in [0.1, 0.15) is 22.7 Å². The fourth-order valence-corrected chi connectivity index (χ4v) is 2.32. The molecule has 0 saturated carbocycles. The van der Waals surface area contributed by atoms with Gasteiger partial charge in [-0.15, -0.1) is 0 Å². The average molecular weight is 274 g/mol. The molecule has 1 aromatic heterocycles. The maximum Gasteiger partial charge on any atom is 0.146 e. The lowest BCUT2D eigenvalue weighted by atomic mass is 9.97. The molecule has 0 spiro atoms. The molecule has 1 heterocycles. The summed E-state index contributed by atoms with van der Waals surface area (Å²) >= 11 is 0. The Morgan fingerprint density at radius 2 is 2.15 bits per heavy atom. The van der Waals surface area contributed by atoms with Crippen molar-refractivity contribution in [3.63, 3.8) is 0 Å². The van der Waals surface area contributed by atoms with E-state index < -0.39 is 0 Å². The Morgan fingerprint density at radius 3 is 2.80 bits per heavy atom. The molecular weight excluding hydrogens is 255 g/mol. The van der Waals surface area contributed by atoms with Gasteiger partial charge in [0.1, 0.15) is 11.6 Å². The van der Waals surface area contributed by atoms with Crippen molar-refractivity contribution in [2.75, 3.05) is 14.2 Å². The highest BCUT2D eigenvalue weighted by Gasteiger charge is 2.16. The Hall–Kier alpha value is -1.94. The van der Waals surface area contributed by atoms with Gasteiger partial charge in [-0.1, -0.05) is 17.7 Å². The second kappa shape index (κ2) is 6.48. The zero-order valence-corrected chi connectivity index (χ0v) is 12.0. The fourth-order valence-electron chi connectivity index (χ4n) is 2.32. The average Bonchev–Trinajstić information content (AvgIpc) is 2.46. The SMILES string of the molecule is CNC(Cc1cc(C)ccc1OC)c1ccncc1F. The predicted molar refractivity (Wildman–Crippen MR) is 77.4 cm³/mol. The first-order chi connectivity index (χ1) is 9.65. The number of nitrogens with zero attached hydrogens (tertiary/aromatic N) is 1. The molecule has 20 heavy (non-hydrogen) atoms. The van der Waals surface area contributed by atoms with Gasteiger partial charge < -0.3 is 10.1 Å². The minimum Gasteiger partial charge on any atom is -0.496 e. The number of aryl methyl sites for hydroxylation is 1. The second-order valence-corrected chi connectivity index (χ2v) is 4.76. The number of aromatic nitrogens is 1. The summed E-state index contributed by atoms with van der Waals surface area (Å²) in [5, 5.41) is 3.16. The van der Waals surface area contributed by atoms with Crippen molar-refractivity contribution >= 4 is 0 Å². The van der Waals surface area contributed by atoms with Crippen LogP contribution in [-0.2, 0) is 6.42 Å². The molecule has 0 radical (unpaired) electrons. The van der Waals surface area contributed by atoms with Crippen molar-refractivity contribution in [1.29, 1.82) is 0 Å². The van der Waals surface area contributed by atoms with Gasteiger partial charge in [-0.05, 0) is 38.1 Å². The molecular formula is C16H19FN2O. The molecule has 1 aromatic carbocycles. The molecule has 3 nitrogen and oxygen atoms in total. The van der Waals surface area contributed by atoms with Crippen LogP contribution in [0.5, 0.6) is 5.75 Å². The molecule has 106 valence electrons. The molecule has 2 aromatic rings. The van der Waals surface area contributed by atoms with E-state index in [-0.39, 0.29) is 11.9 Å². The summed E-state index contributed by atoms with van der Waals surface area (Å²) in [5.41, 5.74) is 2.83. The molecule has 0 amide bonds. The zero-order chi connectivity index (χ0) is 14.5. The van der Waals surface area contributed by atoms with Gasteiger partial charge in [0.05, 0.1) is 13.3 Å². The Kier molecular flexibility index (Phi) is 4.69. The van der Waals surface area contributed by atoms with Crippen molar-refractivity contribution in [1.82, 2.24) is 10.3 Å². The second-order valence-electron chi connectivity index (χ2n) is 4.76. The van der Waals surface area contributed by atoms with E-state index in [1.807, 2.05) is 26.1 Å². The maximum absolute atomic E-state index is 13.9. The van der Waals surface area contributed by atoms with Crippen LogP contribution < -0.4 is 10.1 Å². The first-order valence-electron chi connectivity index (χ1n) is 6.56. The number of halogens is 1. The monoisotopic (exact) mass is 274 g/mol. The van der Waals surface area contributed by atoms with Crippen LogP contribution in [-0.4, -0.2) is 19.1 Å². The van der Waals surface area contributed by atoms with Crippen LogP contribution in [0.3, 0.4) is 0 Å². The Morgan fingerprint density at radius 1 is 1.35 bits per heavy atom. The largest absolute Gasteiger partial charge is 0.496 e. The highest BCUT2D eigenvalue weighted by Crippen LogP contribution is 2.26. The van der Waals surface area contributed by atoms with E-state index in [4.69, 9.17) is 4.74 Å². The van der Waals surface area contributed by atoms with Gasteiger partial charge in [0, 0.05) is 17.8 Å². The van der Waals surface area contributed by atoms with E-state index in [9.17, 15) is 4.39 Å². The number of ether oxygens (including phenoxy) is 1. The van der Waals surface area contributed by atoms with E-state index in [0.29, 0.717) is 12.0 Å². The summed E-state index contributed by atoms with van der Waals surface area (Å²) in [4.78, 5) is 3.79. The van der Waals surface area contributed by atoms with Crippen LogP contribution in [0.25, 0.3) is 0 Å². The lowest BCUT2D eigenvalue weighted by Gasteiger charge is -2.19. The first-order valence-corrected chi connectivity index (χ1v) is 6.56. The Bertz CT molecular complexity index is 586. The molecule has 1 unspecified atom stereocenters. The standard InChI is InChI=1S/C16H19FN2O/c1-11-4-5-16(20-3)12(8-11)9-15(18-2)13-6-7-19-10-14(13)17/h4-8,10,15,18H,9H2,1-3H3. The third-order valence-corrected chi connectivity index (χ3v) is 3.39. The summed E-state index contributed by atoms with van der Waals surface area (Å²) in [5.74, 6) is 0.531. The summed E-state index contributed by atoms with van der Waals surface area (Å²) in [6.45, 7) is 2.03. The molecule has 1 atom stereocenters. The number of methoxy groups -OCH3 is 1. The summed E-state index contributed by atoms with van der Waals surface area (Å²) < 4.78 is 19.2. The number of rotatable bonds is 5. The van der Waals surface area contributed by atoms with Gasteiger partial charge in [-0.2, -0.15) is 0 Å². The van der Waals surface area contributed by atoms with E-state index in [2.05, 4.69) is 16.4 Å². The highest BCUT2D eigenvalue weighted by molar-refractivity contribution is 5.38. The minimum atomic E-state index is -0.293. The minimum absolute atomic E-state index is 0.117. The van der Waals surface area contributed by atoms with Gasteiger partial charge >= 0.3 is 0 Å². The first kappa shape index (κ1) is 14.5. The summed E-state index contributed by atoms with van der Waals surface area (Å²) in [6, 6.07) is 7.61. The number of benzene rings is 1. The van der Waals surface area contributed by atoms with E-state index in [1.54, 1.807) is 19.4 Å². The number of hydrogen-bond donors (Lipinski definition) is 1. The predicted octanol–water partition coefficient (Wildman–Crippen LogP) is 3.04. The van der Waals surface area contributed by atoms with Crippen molar-refractivity contribution in [3.8, 4) is 5.75 Å². The lowest BCUT2D eigenvalue weighted by Crippen LogP contribution is -2.20. The molecule has 0 saturated heterocycles. The van der Waals surface area contributed by atoms with Crippen LogP contribution in [0.15, 0.2) is 36.7 Å². The van der Waals surface area contributed by atoms with E-state index >= 15 is 0 Å². The molecule has 1 N–H and O–H groups in total. The van der Waals surface area contributed by atoms with Gasteiger partial charge in [0.2, 0.25) is 0 Å². The quantitative estimate of drug-likeness (QED) is 0.910. The lowest BCUT2D eigenvalue weighted by molar-refractivity contribution is 0.405. The summed E-state index contributed by atoms with van der Waals surface area (Å²) in [6.07, 6.45) is 3.51. The van der Waals surface area contributed by atoms with E-state index in [1.165, 1.54) is 6.20 Å². The fraction of sp³-hybridized carbons (Fsp3) is 0.312. The van der Waals surface area contributed by atoms with Gasteiger partial charge in [0.25, 0.3) is 0 Å². The molecule has 2 rings (SSSR count). The number of nitrogens with one attached hydrogen (secondary N) is 1. The van der Waals surface area contributed by atoms with Crippen LogP contribution in [0, 0.1) is 12.7 Å². The molecule has 0 aliphatic heterocycles. The zero-order valence-electron chi connectivity index (χ0n) is 12.0. The molecule has 4 heteroatoms. The van der Waals surface area contributed by atoms with Crippen molar-refractivity contribution < 1.29 is 9.13 Å². The smallest absolute Gasteiger partial charge is 0.146 e. The molecule has 0 bridgehead atoms.